The summed E-state index contributed by atoms with van der Waals surface area (Å²) < 4.78 is 54.9. The van der Waals surface area contributed by atoms with E-state index in [2.05, 4.69) is 10.8 Å². The van der Waals surface area contributed by atoms with Gasteiger partial charge in [-0.3, -0.25) is 5.43 Å². The molecule has 0 spiro atoms. The van der Waals surface area contributed by atoms with Gasteiger partial charge in [-0.2, -0.15) is 18.3 Å². The zero-order valence-electron chi connectivity index (χ0n) is 11.2. The SMILES string of the molecule is CCOC(=O)c1cc(NN=C(N)C(F)(F)F)c(F)cc1C. The molecule has 0 radical (unpaired) electrons. The lowest BCUT2D eigenvalue weighted by atomic mass is 10.1. The summed E-state index contributed by atoms with van der Waals surface area (Å²) in [5, 5.41) is 2.83. The Balaban J connectivity index is 3.09. The summed E-state index contributed by atoms with van der Waals surface area (Å²) >= 11 is 0. The largest absolute Gasteiger partial charge is 0.462 e. The van der Waals surface area contributed by atoms with E-state index in [4.69, 9.17) is 4.74 Å². The van der Waals surface area contributed by atoms with Crippen LogP contribution in [-0.2, 0) is 4.74 Å². The van der Waals surface area contributed by atoms with Crippen molar-refractivity contribution in [2.24, 2.45) is 10.8 Å². The van der Waals surface area contributed by atoms with Crippen molar-refractivity contribution in [2.45, 2.75) is 20.0 Å². The van der Waals surface area contributed by atoms with Gasteiger partial charge in [-0.05, 0) is 31.5 Å². The van der Waals surface area contributed by atoms with Gasteiger partial charge in [0, 0.05) is 0 Å². The van der Waals surface area contributed by atoms with E-state index in [0.29, 0.717) is 0 Å². The molecule has 0 saturated heterocycles. The minimum Gasteiger partial charge on any atom is -0.462 e. The Labute approximate surface area is 117 Å². The third kappa shape index (κ3) is 4.33. The van der Waals surface area contributed by atoms with E-state index < -0.39 is 29.5 Å². The number of esters is 1. The fourth-order valence-electron chi connectivity index (χ4n) is 1.37. The summed E-state index contributed by atoms with van der Waals surface area (Å²) in [7, 11) is 0. The van der Waals surface area contributed by atoms with Gasteiger partial charge >= 0.3 is 12.1 Å². The molecule has 21 heavy (non-hydrogen) atoms. The zero-order chi connectivity index (χ0) is 16.2. The molecule has 0 fully saturated rings. The number of nitrogens with one attached hydrogen (secondary N) is 1. The van der Waals surface area contributed by atoms with Gasteiger partial charge < -0.3 is 10.5 Å². The highest BCUT2D eigenvalue weighted by atomic mass is 19.4. The number of nitrogens with two attached hydrogens (primary N) is 1. The first-order valence-corrected chi connectivity index (χ1v) is 5.80. The second-order valence-corrected chi connectivity index (χ2v) is 3.97. The number of carbonyl (C=O) groups is 1. The molecule has 3 N–H and O–H groups in total. The third-order valence-electron chi connectivity index (χ3n) is 2.40. The summed E-state index contributed by atoms with van der Waals surface area (Å²) in [6, 6.07) is 1.99. The first-order chi connectivity index (χ1) is 9.66. The minimum atomic E-state index is -4.84. The number of benzene rings is 1. The minimum absolute atomic E-state index is 0.0153. The summed E-state index contributed by atoms with van der Waals surface area (Å²) in [5.41, 5.74) is 6.39. The van der Waals surface area contributed by atoms with Crippen LogP contribution in [0.15, 0.2) is 17.2 Å². The van der Waals surface area contributed by atoms with Crippen molar-refractivity contribution < 1.29 is 27.1 Å². The normalized spacial score (nSPS) is 12.2. The molecule has 0 amide bonds. The fraction of sp³-hybridized carbons (Fsp3) is 0.333. The number of aryl methyl sites for hydroxylation is 1. The molecule has 0 unspecified atom stereocenters. The topological polar surface area (TPSA) is 76.7 Å². The van der Waals surface area contributed by atoms with Crippen molar-refractivity contribution in [1.29, 1.82) is 0 Å². The van der Waals surface area contributed by atoms with E-state index in [0.717, 1.165) is 12.1 Å². The molecule has 1 rings (SSSR count). The standard InChI is InChI=1S/C12H13F4N3O2/c1-3-21-10(20)7-5-9(8(13)4-6(7)2)18-19-11(17)12(14,15)16/h4-5,18H,3H2,1-2H3,(H2,17,19). The van der Waals surface area contributed by atoms with Gasteiger partial charge in [0.25, 0.3) is 0 Å². The molecule has 0 saturated carbocycles. The first kappa shape index (κ1) is 16.7. The van der Waals surface area contributed by atoms with Gasteiger partial charge in [0.1, 0.15) is 5.82 Å². The van der Waals surface area contributed by atoms with Crippen LogP contribution in [0.5, 0.6) is 0 Å². The van der Waals surface area contributed by atoms with Crippen LogP contribution in [0.2, 0.25) is 0 Å². The van der Waals surface area contributed by atoms with Crippen molar-refractivity contribution in [1.82, 2.24) is 0 Å². The van der Waals surface area contributed by atoms with Crippen LogP contribution < -0.4 is 11.2 Å². The number of halogens is 4. The Hall–Kier alpha value is -2.32. The third-order valence-corrected chi connectivity index (χ3v) is 2.40. The molecular weight excluding hydrogens is 294 g/mol. The molecular formula is C12H13F4N3O2. The highest BCUT2D eigenvalue weighted by Crippen LogP contribution is 2.22. The Morgan fingerprint density at radius 2 is 2.05 bits per heavy atom. The van der Waals surface area contributed by atoms with Crippen LogP contribution in [0.4, 0.5) is 23.2 Å². The maximum Gasteiger partial charge on any atom is 0.450 e. The average Bonchev–Trinajstić information content (AvgIpc) is 2.36. The Bertz CT molecular complexity index is 570. The number of carbonyl (C=O) groups excluding carboxylic acids is 1. The van der Waals surface area contributed by atoms with Crippen LogP contribution >= 0.6 is 0 Å². The van der Waals surface area contributed by atoms with Gasteiger partial charge in [-0.25, -0.2) is 9.18 Å². The maximum atomic E-state index is 13.6. The highest BCUT2D eigenvalue weighted by molar-refractivity contribution is 5.92. The van der Waals surface area contributed by atoms with Crippen LogP contribution in [0.1, 0.15) is 22.8 Å². The van der Waals surface area contributed by atoms with E-state index in [9.17, 15) is 22.4 Å². The summed E-state index contributed by atoms with van der Waals surface area (Å²) in [6.45, 7) is 3.16. The van der Waals surface area contributed by atoms with Crippen LogP contribution in [0, 0.1) is 12.7 Å². The average molecular weight is 307 g/mol. The van der Waals surface area contributed by atoms with E-state index >= 15 is 0 Å². The molecule has 1 aromatic carbocycles. The number of hydrogen-bond donors (Lipinski definition) is 2. The summed E-state index contributed by atoms with van der Waals surface area (Å²) in [4.78, 5) is 11.6. The maximum absolute atomic E-state index is 13.6. The molecule has 0 aliphatic rings. The van der Waals surface area contributed by atoms with Crippen molar-refractivity contribution >= 4 is 17.5 Å². The quantitative estimate of drug-likeness (QED) is 0.295. The predicted molar refractivity (Wildman–Crippen MR) is 68.4 cm³/mol. The number of rotatable bonds is 4. The molecule has 1 aromatic rings. The second-order valence-electron chi connectivity index (χ2n) is 3.97. The smallest absolute Gasteiger partial charge is 0.450 e. The molecule has 0 aliphatic carbocycles. The van der Waals surface area contributed by atoms with Crippen molar-refractivity contribution in [2.75, 3.05) is 12.0 Å². The predicted octanol–water partition coefficient (Wildman–Crippen LogP) is 2.56. The second kappa shape index (κ2) is 6.42. The Morgan fingerprint density at radius 3 is 2.57 bits per heavy atom. The van der Waals surface area contributed by atoms with E-state index in [1.165, 1.54) is 6.92 Å². The monoisotopic (exact) mass is 307 g/mol. The molecule has 0 atom stereocenters. The van der Waals surface area contributed by atoms with Gasteiger partial charge in [0.05, 0.1) is 17.9 Å². The number of anilines is 1. The zero-order valence-corrected chi connectivity index (χ0v) is 11.2. The number of amidine groups is 1. The van der Waals surface area contributed by atoms with E-state index in [1.807, 2.05) is 5.43 Å². The fourth-order valence-corrected chi connectivity index (χ4v) is 1.37. The van der Waals surface area contributed by atoms with Crippen LogP contribution in [0.25, 0.3) is 0 Å². The lowest BCUT2D eigenvalue weighted by Crippen LogP contribution is -2.32. The summed E-state index contributed by atoms with van der Waals surface area (Å²) in [5.74, 6) is -3.26. The van der Waals surface area contributed by atoms with E-state index in [-0.39, 0.29) is 17.7 Å². The molecule has 9 heteroatoms. The molecule has 0 aromatic heterocycles. The Morgan fingerprint density at radius 1 is 1.43 bits per heavy atom. The van der Waals surface area contributed by atoms with Gasteiger partial charge in [-0.15, -0.1) is 0 Å². The van der Waals surface area contributed by atoms with Gasteiger partial charge in [-0.1, -0.05) is 0 Å². The van der Waals surface area contributed by atoms with Crippen LogP contribution in [0.3, 0.4) is 0 Å². The molecule has 5 nitrogen and oxygen atoms in total. The van der Waals surface area contributed by atoms with Crippen LogP contribution in [-0.4, -0.2) is 24.6 Å². The number of hydrazone groups is 1. The van der Waals surface area contributed by atoms with Crippen molar-refractivity contribution in [3.8, 4) is 0 Å². The number of ether oxygens (including phenoxy) is 1. The molecule has 0 bridgehead atoms. The summed E-state index contributed by atoms with van der Waals surface area (Å²) in [6.07, 6.45) is -4.84. The lowest BCUT2D eigenvalue weighted by molar-refractivity contribution is -0.0599. The first-order valence-electron chi connectivity index (χ1n) is 5.80. The lowest BCUT2D eigenvalue weighted by Gasteiger charge is -2.10. The molecule has 0 aliphatic heterocycles. The number of alkyl halides is 3. The highest BCUT2D eigenvalue weighted by Gasteiger charge is 2.33. The molecule has 116 valence electrons. The van der Waals surface area contributed by atoms with Crippen molar-refractivity contribution in [3.05, 3.63) is 29.1 Å². The molecule has 0 heterocycles. The van der Waals surface area contributed by atoms with Gasteiger partial charge in [0.15, 0.2) is 0 Å². The van der Waals surface area contributed by atoms with E-state index in [1.54, 1.807) is 6.92 Å². The van der Waals surface area contributed by atoms with Gasteiger partial charge in [0.2, 0.25) is 5.84 Å². The number of hydrogen-bond acceptors (Lipinski definition) is 4. The Kier molecular flexibility index (Phi) is 5.12. The van der Waals surface area contributed by atoms with Crippen molar-refractivity contribution in [3.63, 3.8) is 0 Å². The number of nitrogens with zero attached hydrogens (tertiary/aromatic N) is 1.